The van der Waals surface area contributed by atoms with Crippen molar-refractivity contribution < 1.29 is 13.2 Å². The van der Waals surface area contributed by atoms with Gasteiger partial charge in [-0.05, 0) is 12.0 Å². The van der Waals surface area contributed by atoms with E-state index in [-0.39, 0.29) is 5.75 Å². The Morgan fingerprint density at radius 3 is 2.79 bits per heavy atom. The smallest absolute Gasteiger partial charge is 0.193 e. The fraction of sp³-hybridized carbons (Fsp3) is 0.588. The van der Waals surface area contributed by atoms with Gasteiger partial charge in [-0.25, -0.2) is 8.42 Å². The summed E-state index contributed by atoms with van der Waals surface area (Å²) in [5.41, 5.74) is 1.19. The number of aliphatic imine (C=N–C) groups is 1. The summed E-state index contributed by atoms with van der Waals surface area (Å²) in [6.07, 6.45) is 2.30. The summed E-state index contributed by atoms with van der Waals surface area (Å²) < 4.78 is 28.2. The van der Waals surface area contributed by atoms with Gasteiger partial charge in [-0.2, -0.15) is 0 Å². The summed E-state index contributed by atoms with van der Waals surface area (Å²) >= 11 is 0. The topological polar surface area (TPSA) is 71.0 Å². The fourth-order valence-electron chi connectivity index (χ4n) is 2.76. The lowest BCUT2D eigenvalue weighted by molar-refractivity contribution is 0.0907. The van der Waals surface area contributed by atoms with Crippen LogP contribution in [0.4, 0.5) is 0 Å². The van der Waals surface area contributed by atoms with Gasteiger partial charge in [0.15, 0.2) is 5.96 Å². The van der Waals surface area contributed by atoms with Crippen molar-refractivity contribution in [3.63, 3.8) is 0 Å². The first-order valence-corrected chi connectivity index (χ1v) is 10.3. The van der Waals surface area contributed by atoms with E-state index < -0.39 is 9.84 Å². The maximum atomic E-state index is 11.2. The second-order valence-corrected chi connectivity index (χ2v) is 8.47. The van der Waals surface area contributed by atoms with E-state index in [2.05, 4.69) is 27.3 Å². The Bertz CT molecular complexity index is 632. The van der Waals surface area contributed by atoms with Crippen LogP contribution in [-0.2, 0) is 21.2 Å². The minimum Gasteiger partial charge on any atom is -0.376 e. The second-order valence-electron chi connectivity index (χ2n) is 6.21. The molecule has 0 aliphatic carbocycles. The highest BCUT2D eigenvalue weighted by Crippen LogP contribution is 2.17. The zero-order chi connectivity index (χ0) is 17.4. The van der Waals surface area contributed by atoms with Crippen LogP contribution in [0.3, 0.4) is 0 Å². The van der Waals surface area contributed by atoms with Gasteiger partial charge in [0.1, 0.15) is 9.84 Å². The lowest BCUT2D eigenvalue weighted by atomic mass is 10.1. The number of likely N-dealkylation sites (tertiary alicyclic amines) is 1. The minimum absolute atomic E-state index is 0.115. The molecule has 0 radical (unpaired) electrons. The number of hydrogen-bond acceptors (Lipinski definition) is 4. The Hall–Kier alpha value is -1.60. The molecule has 2 rings (SSSR count). The molecule has 6 nitrogen and oxygen atoms in total. The number of nitrogens with zero attached hydrogens (tertiary/aromatic N) is 2. The van der Waals surface area contributed by atoms with E-state index in [0.717, 1.165) is 32.1 Å². The number of benzene rings is 1. The molecule has 1 fully saturated rings. The molecular formula is C17H27N3O3S. The highest BCUT2D eigenvalue weighted by molar-refractivity contribution is 7.90. The molecule has 1 saturated heterocycles. The van der Waals surface area contributed by atoms with Gasteiger partial charge in [-0.15, -0.1) is 0 Å². The third-order valence-electron chi connectivity index (χ3n) is 4.02. The monoisotopic (exact) mass is 353 g/mol. The maximum Gasteiger partial charge on any atom is 0.193 e. The van der Waals surface area contributed by atoms with Crippen molar-refractivity contribution in [3.05, 3.63) is 35.9 Å². The first kappa shape index (κ1) is 18.7. The van der Waals surface area contributed by atoms with E-state index in [1.54, 1.807) is 7.05 Å². The van der Waals surface area contributed by atoms with E-state index in [4.69, 9.17) is 4.74 Å². The largest absolute Gasteiger partial charge is 0.376 e. The Morgan fingerprint density at radius 1 is 1.38 bits per heavy atom. The zero-order valence-corrected chi connectivity index (χ0v) is 15.3. The first-order chi connectivity index (χ1) is 11.5. The standard InChI is InChI=1S/C17H27N3O3S/c1-18-17(19-9-11-24(2,21)22)20-10-8-16(12-20)14-23-13-15-6-4-3-5-7-15/h3-7,16H,8-14H2,1-2H3,(H,18,19). The molecule has 1 aliphatic heterocycles. The van der Waals surface area contributed by atoms with Crippen LogP contribution in [0, 0.1) is 5.92 Å². The fourth-order valence-corrected chi connectivity index (χ4v) is 3.23. The van der Waals surface area contributed by atoms with Crippen molar-refractivity contribution in [2.24, 2.45) is 10.9 Å². The van der Waals surface area contributed by atoms with Crippen LogP contribution in [0.5, 0.6) is 0 Å². The molecule has 134 valence electrons. The van der Waals surface area contributed by atoms with Gasteiger partial charge >= 0.3 is 0 Å². The highest BCUT2D eigenvalue weighted by Gasteiger charge is 2.25. The molecule has 1 aromatic rings. The van der Waals surface area contributed by atoms with Crippen molar-refractivity contribution in [3.8, 4) is 0 Å². The van der Waals surface area contributed by atoms with E-state index in [0.29, 0.717) is 19.1 Å². The summed E-state index contributed by atoms with van der Waals surface area (Å²) in [6, 6.07) is 10.2. The number of rotatable bonds is 7. The molecule has 0 aromatic heterocycles. The van der Waals surface area contributed by atoms with Gasteiger partial charge in [0.2, 0.25) is 0 Å². The predicted molar refractivity (Wildman–Crippen MR) is 96.9 cm³/mol. The average Bonchev–Trinajstić information content (AvgIpc) is 3.00. The number of nitrogens with one attached hydrogen (secondary N) is 1. The quantitative estimate of drug-likeness (QED) is 0.588. The highest BCUT2D eigenvalue weighted by atomic mass is 32.2. The zero-order valence-electron chi connectivity index (χ0n) is 14.4. The Morgan fingerprint density at radius 2 is 2.12 bits per heavy atom. The summed E-state index contributed by atoms with van der Waals surface area (Å²) in [5.74, 6) is 1.36. The van der Waals surface area contributed by atoms with Crippen molar-refractivity contribution in [2.45, 2.75) is 13.0 Å². The van der Waals surface area contributed by atoms with Gasteiger partial charge in [-0.1, -0.05) is 30.3 Å². The molecule has 1 aromatic carbocycles. The van der Waals surface area contributed by atoms with Crippen molar-refractivity contribution in [2.75, 3.05) is 45.3 Å². The van der Waals surface area contributed by atoms with Crippen molar-refractivity contribution >= 4 is 15.8 Å². The Labute approximate surface area is 144 Å². The van der Waals surface area contributed by atoms with Crippen LogP contribution >= 0.6 is 0 Å². The van der Waals surface area contributed by atoms with E-state index in [1.807, 2.05) is 18.2 Å². The number of sulfone groups is 1. The molecular weight excluding hydrogens is 326 g/mol. The number of ether oxygens (including phenoxy) is 1. The second kappa shape index (κ2) is 9.03. The normalized spacial score (nSPS) is 18.8. The number of hydrogen-bond donors (Lipinski definition) is 1. The van der Waals surface area contributed by atoms with E-state index in [9.17, 15) is 8.42 Å². The first-order valence-electron chi connectivity index (χ1n) is 8.23. The van der Waals surface area contributed by atoms with Crippen LogP contribution in [-0.4, -0.2) is 64.6 Å². The Kier molecular flexibility index (Phi) is 7.05. The minimum atomic E-state index is -2.96. The van der Waals surface area contributed by atoms with E-state index in [1.165, 1.54) is 11.8 Å². The molecule has 1 aliphatic rings. The summed E-state index contributed by atoms with van der Waals surface area (Å²) in [5, 5.41) is 3.13. The summed E-state index contributed by atoms with van der Waals surface area (Å²) in [6.45, 7) is 3.55. The molecule has 1 heterocycles. The van der Waals surface area contributed by atoms with Gasteiger partial charge < -0.3 is 15.0 Å². The van der Waals surface area contributed by atoms with Gasteiger partial charge in [0.05, 0.1) is 19.0 Å². The molecule has 0 saturated carbocycles. The molecule has 0 amide bonds. The predicted octanol–water partition coefficient (Wildman–Crippen LogP) is 1.15. The van der Waals surface area contributed by atoms with Crippen molar-refractivity contribution in [1.29, 1.82) is 0 Å². The number of guanidine groups is 1. The summed E-state index contributed by atoms with van der Waals surface area (Å²) in [7, 11) is -1.23. The van der Waals surface area contributed by atoms with Crippen LogP contribution in [0.25, 0.3) is 0 Å². The molecule has 0 bridgehead atoms. The van der Waals surface area contributed by atoms with Crippen LogP contribution in [0.2, 0.25) is 0 Å². The third kappa shape index (κ3) is 6.49. The Balaban J connectivity index is 1.71. The molecule has 24 heavy (non-hydrogen) atoms. The molecule has 7 heteroatoms. The molecule has 1 unspecified atom stereocenters. The molecule has 1 N–H and O–H groups in total. The van der Waals surface area contributed by atoms with Gasteiger partial charge in [0.25, 0.3) is 0 Å². The average molecular weight is 353 g/mol. The molecule has 1 atom stereocenters. The van der Waals surface area contributed by atoms with Crippen LogP contribution in [0.15, 0.2) is 35.3 Å². The lowest BCUT2D eigenvalue weighted by Gasteiger charge is -2.21. The maximum absolute atomic E-state index is 11.2. The van der Waals surface area contributed by atoms with Crippen molar-refractivity contribution in [1.82, 2.24) is 10.2 Å². The van der Waals surface area contributed by atoms with Gasteiger partial charge in [-0.3, -0.25) is 4.99 Å². The van der Waals surface area contributed by atoms with Gasteiger partial charge in [0, 0.05) is 38.9 Å². The van der Waals surface area contributed by atoms with E-state index >= 15 is 0 Å². The van der Waals surface area contributed by atoms with Crippen LogP contribution < -0.4 is 5.32 Å². The SMILES string of the molecule is CN=C(NCCS(C)(=O)=O)N1CCC(COCc2ccccc2)C1. The van der Waals surface area contributed by atoms with Crippen LogP contribution in [0.1, 0.15) is 12.0 Å². The third-order valence-corrected chi connectivity index (χ3v) is 4.96. The molecule has 0 spiro atoms. The lowest BCUT2D eigenvalue weighted by Crippen LogP contribution is -2.42. The summed E-state index contributed by atoms with van der Waals surface area (Å²) in [4.78, 5) is 6.41.